The van der Waals surface area contributed by atoms with Crippen molar-refractivity contribution in [3.63, 3.8) is 0 Å². The normalized spacial score (nSPS) is 12.5. The van der Waals surface area contributed by atoms with Gasteiger partial charge in [-0.1, -0.05) is 344 Å². The smallest absolute Gasteiger partial charge is 0.0972 e. The van der Waals surface area contributed by atoms with Gasteiger partial charge in [0.2, 0.25) is 0 Å². The maximum Gasteiger partial charge on any atom is 0.0972 e. The van der Waals surface area contributed by atoms with Crippen LogP contribution in [0.25, 0.3) is 0 Å². The molecule has 0 amide bonds. The summed E-state index contributed by atoms with van der Waals surface area (Å²) in [4.78, 5) is 0. The predicted molar refractivity (Wildman–Crippen MR) is 355 cm³/mol. The average Bonchev–Trinajstić information content (AvgIpc) is 3.48. The van der Waals surface area contributed by atoms with Crippen LogP contribution in [0.15, 0.2) is 0 Å². The van der Waals surface area contributed by atoms with Gasteiger partial charge in [-0.05, 0) is 44.4 Å². The fourth-order valence-electron chi connectivity index (χ4n) is 9.38. The summed E-state index contributed by atoms with van der Waals surface area (Å²) in [6.45, 7) is 16.0. The number of unbranched alkanes of at least 4 members (excludes halogenated alkanes) is 45. The summed E-state index contributed by atoms with van der Waals surface area (Å²) in [5.74, 6) is -0.821. The third-order valence-corrected chi connectivity index (χ3v) is 19.3. The fraction of sp³-hybridized carbons (Fsp3) is 1.00. The Hall–Kier alpha value is -0.450. The number of rotatable bonds is 56. The van der Waals surface area contributed by atoms with Gasteiger partial charge in [0, 0.05) is 28.3 Å². The molecule has 1 unspecified atom stereocenters. The molecule has 0 aliphatic heterocycles. The Balaban J connectivity index is -0.000000322. The van der Waals surface area contributed by atoms with Crippen molar-refractivity contribution in [1.82, 2.24) is 0 Å². The second-order valence-corrected chi connectivity index (χ2v) is 33.2. The van der Waals surface area contributed by atoms with Crippen LogP contribution in [0.4, 0.5) is 0 Å². The van der Waals surface area contributed by atoms with E-state index in [4.69, 9.17) is 0 Å². The van der Waals surface area contributed by atoms with Crippen molar-refractivity contribution in [3.05, 3.63) is 0 Å². The average molecular weight is 1320 g/mol. The van der Waals surface area contributed by atoms with Crippen molar-refractivity contribution in [2.45, 2.75) is 388 Å². The molecule has 0 saturated heterocycles. The molecule has 0 fully saturated rings. The standard InChI is InChI=1S/C18H38O3S.C17H36O3S.C16H34O3S.C8H18O3S.C6H14O3S/c1-2-3-4-5-6-7-8-9-10-11-12-13-14-15-16-17-18-22(19,20)21;1-2-3-4-5-6-7-8-9-10-11-12-13-14-15-16-17-21(18,19)20;1-2-3-4-5-6-7-8-9-10-11-12-13-14-15-16-20(17,18)19;1-3-4-5-6-7-8(2)12(9,10)11;1-6(2,3)4-5-10(7,8)9/h2-18H2,1H3,(H,19,20,21);2-17H2,1H3,(H,18,19,20);2-16H2,1H3,(H,17,18,19);8H,3-7H2,1-2H3,(H,9,10,11);4-5H2,1-3H3,(H,7,8,9)/p-5. The molecule has 0 radical (unpaired) electrons. The molecule has 0 aliphatic rings. The van der Waals surface area contributed by atoms with Crippen molar-refractivity contribution in [3.8, 4) is 0 Å². The van der Waals surface area contributed by atoms with Crippen LogP contribution in [0.1, 0.15) is 383 Å². The molecule has 0 aromatic carbocycles. The van der Waals surface area contributed by atoms with Crippen LogP contribution in [0, 0.1) is 5.41 Å². The molecule has 85 heavy (non-hydrogen) atoms. The minimum atomic E-state index is -4.04. The molecule has 0 rings (SSSR count). The van der Waals surface area contributed by atoms with Crippen LogP contribution in [0.2, 0.25) is 0 Å². The molecule has 0 aromatic heterocycles. The van der Waals surface area contributed by atoms with Crippen molar-refractivity contribution < 1.29 is 64.9 Å². The Bertz CT molecular complexity index is 1920. The summed E-state index contributed by atoms with van der Waals surface area (Å²) >= 11 is 0. The summed E-state index contributed by atoms with van der Waals surface area (Å²) < 4.78 is 155. The van der Waals surface area contributed by atoms with Gasteiger partial charge < -0.3 is 22.8 Å². The highest BCUT2D eigenvalue weighted by atomic mass is 32.2. The van der Waals surface area contributed by atoms with Gasteiger partial charge in [-0.3, -0.25) is 0 Å². The van der Waals surface area contributed by atoms with E-state index in [1.165, 1.54) is 238 Å². The Morgan fingerprint density at radius 2 is 0.400 bits per heavy atom. The third kappa shape index (κ3) is 106. The minimum absolute atomic E-state index is 0.0719. The maximum absolute atomic E-state index is 10.4. The highest BCUT2D eigenvalue weighted by Crippen LogP contribution is 2.20. The molecule has 0 bridgehead atoms. The second kappa shape index (κ2) is 65.1. The van der Waals surface area contributed by atoms with Crippen molar-refractivity contribution in [2.24, 2.45) is 5.41 Å². The Labute approximate surface area is 528 Å². The first kappa shape index (κ1) is 93.3. The van der Waals surface area contributed by atoms with E-state index >= 15 is 0 Å². The molecule has 20 heteroatoms. The molecule has 1 atom stereocenters. The summed E-state index contributed by atoms with van der Waals surface area (Å²) in [7, 11) is -20.0. The first-order valence-electron chi connectivity index (χ1n) is 34.6. The van der Waals surface area contributed by atoms with Gasteiger partial charge in [0.15, 0.2) is 0 Å². The van der Waals surface area contributed by atoms with Gasteiger partial charge >= 0.3 is 0 Å². The molecule has 0 spiro atoms. The van der Waals surface area contributed by atoms with E-state index in [1.807, 2.05) is 20.8 Å². The Morgan fingerprint density at radius 3 is 0.529 bits per heavy atom. The van der Waals surface area contributed by atoms with E-state index < -0.39 is 55.8 Å². The quantitative estimate of drug-likeness (QED) is 0.0404. The first-order valence-corrected chi connectivity index (χ1v) is 42.3. The lowest BCUT2D eigenvalue weighted by Crippen LogP contribution is -2.16. The minimum Gasteiger partial charge on any atom is -0.748 e. The highest BCUT2D eigenvalue weighted by molar-refractivity contribution is 7.86. The van der Waals surface area contributed by atoms with E-state index in [1.54, 1.807) is 0 Å². The lowest BCUT2D eigenvalue weighted by molar-refractivity contribution is 0.384. The molecule has 0 aromatic rings. The Kier molecular flexibility index (Phi) is 71.4. The fourth-order valence-corrected chi connectivity index (χ4v) is 12.4. The van der Waals surface area contributed by atoms with Gasteiger partial charge in [0.1, 0.15) is 0 Å². The van der Waals surface area contributed by atoms with Crippen LogP contribution in [0.5, 0.6) is 0 Å². The number of hydrogen-bond donors (Lipinski definition) is 0. The monoisotopic (exact) mass is 1320 g/mol. The summed E-state index contributed by atoms with van der Waals surface area (Å²) in [6.07, 6.45) is 60.9. The topological polar surface area (TPSA) is 286 Å². The van der Waals surface area contributed by atoms with E-state index in [-0.39, 0.29) is 28.4 Å². The second-order valence-electron chi connectivity index (χ2n) is 25.4. The lowest BCUT2D eigenvalue weighted by Gasteiger charge is -2.18. The van der Waals surface area contributed by atoms with E-state index in [2.05, 4.69) is 27.7 Å². The van der Waals surface area contributed by atoms with E-state index in [0.717, 1.165) is 64.2 Å². The summed E-state index contributed by atoms with van der Waals surface area (Å²) in [5, 5.41) is -0.714. The van der Waals surface area contributed by atoms with Gasteiger partial charge in [-0.15, -0.1) is 0 Å². The van der Waals surface area contributed by atoms with Crippen molar-refractivity contribution in [2.75, 3.05) is 23.0 Å². The lowest BCUT2D eigenvalue weighted by atomic mass is 9.94. The van der Waals surface area contributed by atoms with E-state index in [0.29, 0.717) is 32.1 Å². The molecular formula is C65H135O15S5-5. The first-order chi connectivity index (χ1) is 39.9. The third-order valence-electron chi connectivity index (χ3n) is 15.1. The molecule has 0 N–H and O–H groups in total. The van der Waals surface area contributed by atoms with Crippen LogP contribution in [-0.2, 0) is 50.6 Å². The summed E-state index contributed by atoms with van der Waals surface area (Å²) in [6, 6.07) is 0. The molecule has 0 heterocycles. The predicted octanol–water partition coefficient (Wildman–Crippen LogP) is 19.1. The SMILES string of the molecule is CC(C)(C)CCS(=O)(=O)[O-].CCCCCCC(C)S(=O)(=O)[O-].CCCCCCCCCCCCCCCCCCS(=O)(=O)[O-].CCCCCCCCCCCCCCCCCS(=O)(=O)[O-].CCCCCCCCCCCCCCCCS(=O)(=O)[O-]. The van der Waals surface area contributed by atoms with Gasteiger partial charge in [0.25, 0.3) is 0 Å². The van der Waals surface area contributed by atoms with Crippen molar-refractivity contribution >= 4 is 50.6 Å². The van der Waals surface area contributed by atoms with Gasteiger partial charge in [-0.2, -0.15) is 0 Å². The van der Waals surface area contributed by atoms with Crippen LogP contribution in [0.3, 0.4) is 0 Å². The van der Waals surface area contributed by atoms with E-state index in [9.17, 15) is 64.9 Å². The number of hydrogen-bond acceptors (Lipinski definition) is 15. The highest BCUT2D eigenvalue weighted by Gasteiger charge is 2.11. The zero-order valence-electron chi connectivity index (χ0n) is 56.1. The summed E-state index contributed by atoms with van der Waals surface area (Å²) in [5.41, 5.74) is -0.0719. The van der Waals surface area contributed by atoms with Gasteiger partial charge in [-0.25, -0.2) is 42.1 Å². The van der Waals surface area contributed by atoms with Crippen molar-refractivity contribution in [1.29, 1.82) is 0 Å². The molecule has 520 valence electrons. The zero-order chi connectivity index (χ0) is 65.5. The van der Waals surface area contributed by atoms with Crippen LogP contribution in [-0.4, -0.2) is 93.1 Å². The molecular weight excluding hydrogens is 1180 g/mol. The molecule has 0 saturated carbocycles. The van der Waals surface area contributed by atoms with Gasteiger partial charge in [0.05, 0.1) is 50.6 Å². The molecule has 0 aliphatic carbocycles. The largest absolute Gasteiger partial charge is 0.748 e. The van der Waals surface area contributed by atoms with Crippen LogP contribution >= 0.6 is 0 Å². The zero-order valence-corrected chi connectivity index (χ0v) is 60.2. The Morgan fingerprint density at radius 1 is 0.247 bits per heavy atom. The van der Waals surface area contributed by atoms with Crippen LogP contribution < -0.4 is 0 Å². The molecule has 15 nitrogen and oxygen atoms in total. The maximum atomic E-state index is 10.4.